The lowest BCUT2D eigenvalue weighted by Crippen LogP contribution is -2.53. The van der Waals surface area contributed by atoms with Crippen molar-refractivity contribution in [2.45, 2.75) is 51.1 Å². The number of amides is 2. The minimum atomic E-state index is -4.32. The van der Waals surface area contributed by atoms with Crippen molar-refractivity contribution in [2.75, 3.05) is 24.0 Å². The van der Waals surface area contributed by atoms with E-state index in [4.69, 9.17) is 4.74 Å². The highest BCUT2D eigenvalue weighted by molar-refractivity contribution is 7.92. The summed E-state index contributed by atoms with van der Waals surface area (Å²) in [5.74, 6) is -0.982. The van der Waals surface area contributed by atoms with Gasteiger partial charge in [-0.25, -0.2) is 12.8 Å². The van der Waals surface area contributed by atoms with E-state index in [9.17, 15) is 22.4 Å². The summed E-state index contributed by atoms with van der Waals surface area (Å²) in [5.41, 5.74) is 2.72. The average molecular weight is 646 g/mol. The number of anilines is 1. The van der Waals surface area contributed by atoms with Gasteiger partial charge in [-0.1, -0.05) is 67.1 Å². The number of rotatable bonds is 15. The zero-order chi connectivity index (χ0) is 33.1. The summed E-state index contributed by atoms with van der Waals surface area (Å²) in [5, 5.41) is 2.93. The van der Waals surface area contributed by atoms with Gasteiger partial charge < -0.3 is 15.0 Å². The van der Waals surface area contributed by atoms with Crippen LogP contribution < -0.4 is 14.4 Å². The van der Waals surface area contributed by atoms with Crippen LogP contribution in [0, 0.1) is 12.7 Å². The number of nitrogens with one attached hydrogen (secondary N) is 1. The van der Waals surface area contributed by atoms with Crippen LogP contribution in [0.3, 0.4) is 0 Å². The van der Waals surface area contributed by atoms with Gasteiger partial charge in [-0.05, 0) is 79.9 Å². The number of sulfonamides is 1. The molecule has 1 atom stereocenters. The lowest BCUT2D eigenvalue weighted by molar-refractivity contribution is -0.140. The molecule has 0 saturated carbocycles. The fourth-order valence-corrected chi connectivity index (χ4v) is 6.48. The first kappa shape index (κ1) is 34.2. The van der Waals surface area contributed by atoms with Gasteiger partial charge in [0.25, 0.3) is 10.0 Å². The summed E-state index contributed by atoms with van der Waals surface area (Å²) in [7, 11) is -4.32. The second kappa shape index (κ2) is 16.0. The molecule has 8 nitrogen and oxygen atoms in total. The maximum absolute atomic E-state index is 14.5. The second-order valence-electron chi connectivity index (χ2n) is 10.9. The molecule has 0 aliphatic rings. The number of carbonyl (C=O) groups excluding carboxylic acids is 2. The second-order valence-corrected chi connectivity index (χ2v) is 12.8. The Morgan fingerprint density at radius 1 is 0.870 bits per heavy atom. The van der Waals surface area contributed by atoms with Crippen LogP contribution in [0.15, 0.2) is 108 Å². The van der Waals surface area contributed by atoms with Gasteiger partial charge in [0.1, 0.15) is 24.2 Å². The molecule has 4 aromatic rings. The van der Waals surface area contributed by atoms with Gasteiger partial charge >= 0.3 is 0 Å². The zero-order valence-electron chi connectivity index (χ0n) is 26.4. The predicted molar refractivity (Wildman–Crippen MR) is 178 cm³/mol. The fourth-order valence-electron chi connectivity index (χ4n) is 5.06. The van der Waals surface area contributed by atoms with Crippen LogP contribution in [-0.4, -0.2) is 50.9 Å². The number of halogens is 1. The van der Waals surface area contributed by atoms with Gasteiger partial charge in [0.15, 0.2) is 0 Å². The third-order valence-electron chi connectivity index (χ3n) is 7.37. The Hall–Kier alpha value is -4.70. The van der Waals surface area contributed by atoms with Crippen molar-refractivity contribution in [1.82, 2.24) is 10.2 Å². The maximum atomic E-state index is 14.5. The van der Waals surface area contributed by atoms with E-state index in [-0.39, 0.29) is 29.5 Å². The quantitative estimate of drug-likeness (QED) is 0.174. The molecule has 0 aliphatic carbocycles. The van der Waals surface area contributed by atoms with Crippen LogP contribution in [0.5, 0.6) is 5.75 Å². The summed E-state index contributed by atoms with van der Waals surface area (Å²) in [4.78, 5) is 29.5. The summed E-state index contributed by atoms with van der Waals surface area (Å²) in [6.07, 6.45) is 0.921. The molecule has 0 saturated heterocycles. The van der Waals surface area contributed by atoms with Gasteiger partial charge in [-0.15, -0.1) is 0 Å². The van der Waals surface area contributed by atoms with Crippen LogP contribution in [0.1, 0.15) is 37.0 Å². The average Bonchev–Trinajstić information content (AvgIpc) is 3.05. The van der Waals surface area contributed by atoms with E-state index in [1.54, 1.807) is 12.1 Å². The molecule has 10 heteroatoms. The smallest absolute Gasteiger partial charge is 0.264 e. The van der Waals surface area contributed by atoms with Crippen molar-refractivity contribution < 1.29 is 27.1 Å². The zero-order valence-corrected chi connectivity index (χ0v) is 27.2. The standard InChI is InChI=1S/C36H40FN3O5S/c1-4-22-38-36(42)34(24-28-11-7-6-8-12-28)39(25-29-13-9-10-27(3)23-29)35(41)26-40(31-16-14-30(37)15-17-31)46(43,44)33-20-18-32(19-21-33)45-5-2/h6-21,23,34H,4-5,22,24-26H2,1-3H3,(H,38,42)/t34-/m1/s1. The van der Waals surface area contributed by atoms with E-state index in [0.29, 0.717) is 25.3 Å². The Kier molecular flexibility index (Phi) is 11.9. The largest absolute Gasteiger partial charge is 0.494 e. The molecule has 242 valence electrons. The van der Waals surface area contributed by atoms with Gasteiger partial charge in [0.2, 0.25) is 11.8 Å². The minimum Gasteiger partial charge on any atom is -0.494 e. The number of hydrogen-bond donors (Lipinski definition) is 1. The van der Waals surface area contributed by atoms with E-state index in [2.05, 4.69) is 5.32 Å². The molecule has 46 heavy (non-hydrogen) atoms. The molecule has 0 radical (unpaired) electrons. The van der Waals surface area contributed by atoms with Gasteiger partial charge in [-0.3, -0.25) is 13.9 Å². The Morgan fingerprint density at radius 3 is 2.17 bits per heavy atom. The predicted octanol–water partition coefficient (Wildman–Crippen LogP) is 5.89. The Labute approximate surface area is 270 Å². The van der Waals surface area contributed by atoms with Crippen molar-refractivity contribution in [3.63, 3.8) is 0 Å². The van der Waals surface area contributed by atoms with E-state index < -0.39 is 34.3 Å². The lowest BCUT2D eigenvalue weighted by atomic mass is 10.0. The first-order valence-electron chi connectivity index (χ1n) is 15.3. The highest BCUT2D eigenvalue weighted by atomic mass is 32.2. The first-order chi connectivity index (χ1) is 22.1. The lowest BCUT2D eigenvalue weighted by Gasteiger charge is -2.34. The highest BCUT2D eigenvalue weighted by Gasteiger charge is 2.34. The van der Waals surface area contributed by atoms with E-state index in [1.165, 1.54) is 29.2 Å². The summed E-state index contributed by atoms with van der Waals surface area (Å²) in [6.45, 7) is 5.97. The maximum Gasteiger partial charge on any atom is 0.264 e. The molecule has 0 fully saturated rings. The normalized spacial score (nSPS) is 11.8. The SMILES string of the molecule is CCCNC(=O)[C@@H](Cc1ccccc1)N(Cc1cccc(C)c1)C(=O)CN(c1ccc(F)cc1)S(=O)(=O)c1ccc(OCC)cc1. The molecule has 4 rings (SSSR count). The molecule has 2 amide bonds. The van der Waals surface area contributed by atoms with E-state index >= 15 is 0 Å². The van der Waals surface area contributed by atoms with Crippen molar-refractivity contribution >= 4 is 27.5 Å². The summed E-state index contributed by atoms with van der Waals surface area (Å²) in [6, 6.07) is 26.8. The molecule has 4 aromatic carbocycles. The topological polar surface area (TPSA) is 96.0 Å². The Balaban J connectivity index is 1.78. The molecular formula is C36H40FN3O5S. The van der Waals surface area contributed by atoms with Crippen molar-refractivity contribution in [2.24, 2.45) is 0 Å². The molecular weight excluding hydrogens is 605 g/mol. The third kappa shape index (κ3) is 8.94. The molecule has 1 N–H and O–H groups in total. The van der Waals surface area contributed by atoms with Crippen LogP contribution >= 0.6 is 0 Å². The molecule has 0 aliphatic heterocycles. The molecule has 0 heterocycles. The number of ether oxygens (including phenoxy) is 1. The molecule has 0 aromatic heterocycles. The van der Waals surface area contributed by atoms with Gasteiger partial charge in [0.05, 0.1) is 17.2 Å². The van der Waals surface area contributed by atoms with Crippen LogP contribution in [0.4, 0.5) is 10.1 Å². The molecule has 0 bridgehead atoms. The third-order valence-corrected chi connectivity index (χ3v) is 9.16. The summed E-state index contributed by atoms with van der Waals surface area (Å²) >= 11 is 0. The van der Waals surface area contributed by atoms with Gasteiger partial charge in [0, 0.05) is 19.5 Å². The van der Waals surface area contributed by atoms with Crippen LogP contribution in [0.2, 0.25) is 0 Å². The minimum absolute atomic E-state index is 0.0674. The van der Waals surface area contributed by atoms with E-state index in [1.807, 2.05) is 75.4 Å². The first-order valence-corrected chi connectivity index (χ1v) is 16.7. The number of hydrogen-bond acceptors (Lipinski definition) is 5. The van der Waals surface area contributed by atoms with Crippen molar-refractivity contribution in [3.05, 3.63) is 126 Å². The monoisotopic (exact) mass is 645 g/mol. The van der Waals surface area contributed by atoms with E-state index in [0.717, 1.165) is 33.1 Å². The van der Waals surface area contributed by atoms with Gasteiger partial charge in [-0.2, -0.15) is 0 Å². The Bertz CT molecular complexity index is 1700. The number of benzene rings is 4. The highest BCUT2D eigenvalue weighted by Crippen LogP contribution is 2.27. The number of aryl methyl sites for hydroxylation is 1. The van der Waals surface area contributed by atoms with Crippen molar-refractivity contribution in [3.8, 4) is 5.75 Å². The van der Waals surface area contributed by atoms with Crippen LogP contribution in [-0.2, 0) is 32.6 Å². The Morgan fingerprint density at radius 2 is 1.54 bits per heavy atom. The number of carbonyl (C=O) groups is 2. The number of nitrogens with zero attached hydrogens (tertiary/aromatic N) is 2. The molecule has 0 spiro atoms. The summed E-state index contributed by atoms with van der Waals surface area (Å²) < 4.78 is 48.6. The molecule has 0 unspecified atom stereocenters. The van der Waals surface area contributed by atoms with Crippen molar-refractivity contribution in [1.29, 1.82) is 0 Å². The van der Waals surface area contributed by atoms with Crippen LogP contribution in [0.25, 0.3) is 0 Å². The fraction of sp³-hybridized carbons (Fsp3) is 0.278.